The van der Waals surface area contributed by atoms with Crippen molar-refractivity contribution in [3.8, 4) is 11.4 Å². The van der Waals surface area contributed by atoms with Crippen molar-refractivity contribution in [2.24, 2.45) is 0 Å². The summed E-state index contributed by atoms with van der Waals surface area (Å²) in [6.45, 7) is 4.19. The highest BCUT2D eigenvalue weighted by molar-refractivity contribution is 5.86. The van der Waals surface area contributed by atoms with E-state index in [1.54, 1.807) is 12.1 Å². The molecule has 0 bridgehead atoms. The van der Waals surface area contributed by atoms with Crippen LogP contribution in [0.2, 0.25) is 0 Å². The number of fused-ring (bicyclic) bond motifs is 1. The zero-order valence-electron chi connectivity index (χ0n) is 11.7. The van der Waals surface area contributed by atoms with Crippen LogP contribution in [-0.4, -0.2) is 9.67 Å². The number of hydrogen-bond acceptors (Lipinski definition) is 1. The Kier molecular flexibility index (Phi) is 3.07. The lowest BCUT2D eigenvalue weighted by atomic mass is 10.2. The van der Waals surface area contributed by atoms with Crippen molar-refractivity contribution in [3.63, 3.8) is 0 Å². The van der Waals surface area contributed by atoms with E-state index in [1.807, 2.05) is 18.2 Å². The summed E-state index contributed by atoms with van der Waals surface area (Å²) < 4.78 is 2.21. The summed E-state index contributed by atoms with van der Waals surface area (Å²) in [4.78, 5) is 0. The van der Waals surface area contributed by atoms with Crippen LogP contribution in [0.5, 0.6) is 5.75 Å². The first-order valence-electron chi connectivity index (χ1n) is 6.70. The number of phenols is 1. The summed E-state index contributed by atoms with van der Waals surface area (Å²) in [7, 11) is 0. The quantitative estimate of drug-likeness (QED) is 0.708. The predicted molar refractivity (Wildman–Crippen MR) is 84.3 cm³/mol. The van der Waals surface area contributed by atoms with Gasteiger partial charge in [0.2, 0.25) is 0 Å². The lowest BCUT2D eigenvalue weighted by molar-refractivity contribution is 0.475. The molecule has 0 fully saturated rings. The smallest absolute Gasteiger partial charge is 0.115 e. The SMILES string of the molecule is CC(C)=Cc1cc2ccccc2n1-c1ccc(O)cc1. The molecular weight excluding hydrogens is 246 g/mol. The lowest BCUT2D eigenvalue weighted by Crippen LogP contribution is -1.96. The third kappa shape index (κ3) is 2.21. The van der Waals surface area contributed by atoms with Crippen molar-refractivity contribution in [3.05, 3.63) is 65.9 Å². The molecule has 0 atom stereocenters. The zero-order chi connectivity index (χ0) is 14.1. The molecule has 0 aliphatic heterocycles. The van der Waals surface area contributed by atoms with Gasteiger partial charge in [-0.3, -0.25) is 0 Å². The minimum absolute atomic E-state index is 0.286. The molecule has 0 spiro atoms. The standard InChI is InChI=1S/C18H17NO/c1-13(2)11-16-12-14-5-3-4-6-18(14)19(16)15-7-9-17(20)10-8-15/h3-12,20H,1-2H3. The van der Waals surface area contributed by atoms with Crippen LogP contribution in [0.3, 0.4) is 0 Å². The molecule has 0 aliphatic carbocycles. The third-order valence-corrected chi connectivity index (χ3v) is 3.28. The van der Waals surface area contributed by atoms with E-state index in [9.17, 15) is 5.11 Å². The van der Waals surface area contributed by atoms with Crippen LogP contribution >= 0.6 is 0 Å². The molecule has 100 valence electrons. The number of nitrogens with zero attached hydrogens (tertiary/aromatic N) is 1. The number of allylic oxidation sites excluding steroid dienone is 1. The summed E-state index contributed by atoms with van der Waals surface area (Å²) in [6, 6.07) is 17.8. The van der Waals surface area contributed by atoms with Crippen molar-refractivity contribution in [2.45, 2.75) is 13.8 Å². The first kappa shape index (κ1) is 12.5. The molecule has 0 unspecified atom stereocenters. The number of aromatic hydroxyl groups is 1. The maximum atomic E-state index is 9.46. The molecule has 0 saturated carbocycles. The van der Waals surface area contributed by atoms with E-state index in [0.717, 1.165) is 11.4 Å². The summed E-state index contributed by atoms with van der Waals surface area (Å²) in [5, 5.41) is 10.7. The Morgan fingerprint density at radius 2 is 1.70 bits per heavy atom. The van der Waals surface area contributed by atoms with Gasteiger partial charge >= 0.3 is 0 Å². The Labute approximate surface area is 118 Å². The second-order valence-electron chi connectivity index (χ2n) is 5.20. The van der Waals surface area contributed by atoms with E-state index in [2.05, 4.69) is 48.8 Å². The molecule has 0 radical (unpaired) electrons. The van der Waals surface area contributed by atoms with Crippen molar-refractivity contribution >= 4 is 17.0 Å². The molecule has 3 rings (SSSR count). The van der Waals surface area contributed by atoms with E-state index >= 15 is 0 Å². The number of para-hydroxylation sites is 1. The molecule has 1 N–H and O–H groups in total. The van der Waals surface area contributed by atoms with Crippen LogP contribution in [-0.2, 0) is 0 Å². The first-order chi connectivity index (χ1) is 9.65. The highest BCUT2D eigenvalue weighted by Crippen LogP contribution is 2.26. The predicted octanol–water partition coefficient (Wildman–Crippen LogP) is 4.76. The third-order valence-electron chi connectivity index (χ3n) is 3.28. The van der Waals surface area contributed by atoms with E-state index in [0.29, 0.717) is 0 Å². The number of hydrogen-bond donors (Lipinski definition) is 1. The number of phenolic OH excluding ortho intramolecular Hbond substituents is 1. The molecule has 3 aromatic rings. The van der Waals surface area contributed by atoms with Gasteiger partial charge in [0.25, 0.3) is 0 Å². The Bertz CT molecular complexity index is 775. The van der Waals surface area contributed by atoms with Gasteiger partial charge in [-0.05, 0) is 56.3 Å². The fourth-order valence-electron chi connectivity index (χ4n) is 2.47. The molecular formula is C18H17NO. The van der Waals surface area contributed by atoms with Gasteiger partial charge in [0.05, 0.1) is 5.52 Å². The van der Waals surface area contributed by atoms with Gasteiger partial charge in [-0.1, -0.05) is 23.8 Å². The minimum Gasteiger partial charge on any atom is -0.508 e. The minimum atomic E-state index is 0.286. The maximum absolute atomic E-state index is 9.46. The second-order valence-corrected chi connectivity index (χ2v) is 5.20. The molecule has 2 aromatic carbocycles. The second kappa shape index (κ2) is 4.89. The first-order valence-corrected chi connectivity index (χ1v) is 6.70. The molecule has 0 saturated heterocycles. The van der Waals surface area contributed by atoms with E-state index < -0.39 is 0 Å². The number of benzene rings is 2. The van der Waals surface area contributed by atoms with Crippen LogP contribution in [0.4, 0.5) is 0 Å². The summed E-state index contributed by atoms with van der Waals surface area (Å²) in [5.74, 6) is 0.286. The number of rotatable bonds is 2. The average Bonchev–Trinajstić information content (AvgIpc) is 2.77. The van der Waals surface area contributed by atoms with Crippen molar-refractivity contribution in [2.75, 3.05) is 0 Å². The summed E-state index contributed by atoms with van der Waals surface area (Å²) in [6.07, 6.45) is 2.17. The van der Waals surface area contributed by atoms with Gasteiger partial charge in [-0.2, -0.15) is 0 Å². The largest absolute Gasteiger partial charge is 0.508 e. The fraction of sp³-hybridized carbons (Fsp3) is 0.111. The normalized spacial score (nSPS) is 10.7. The molecule has 2 heteroatoms. The summed E-state index contributed by atoms with van der Waals surface area (Å²) >= 11 is 0. The van der Waals surface area contributed by atoms with Crippen molar-refractivity contribution in [1.29, 1.82) is 0 Å². The Morgan fingerprint density at radius 3 is 2.40 bits per heavy atom. The highest BCUT2D eigenvalue weighted by atomic mass is 16.3. The molecule has 20 heavy (non-hydrogen) atoms. The molecule has 0 amide bonds. The number of aromatic nitrogens is 1. The van der Waals surface area contributed by atoms with Gasteiger partial charge < -0.3 is 9.67 Å². The van der Waals surface area contributed by atoms with Crippen molar-refractivity contribution in [1.82, 2.24) is 4.57 Å². The average molecular weight is 263 g/mol. The molecule has 1 aromatic heterocycles. The van der Waals surface area contributed by atoms with E-state index in [4.69, 9.17) is 0 Å². The van der Waals surface area contributed by atoms with Crippen LogP contribution in [0.25, 0.3) is 22.7 Å². The Balaban J connectivity index is 2.31. The van der Waals surface area contributed by atoms with Crippen LogP contribution in [0.1, 0.15) is 19.5 Å². The molecule has 2 nitrogen and oxygen atoms in total. The van der Waals surface area contributed by atoms with Crippen LogP contribution in [0.15, 0.2) is 60.2 Å². The Hall–Kier alpha value is -2.48. The monoisotopic (exact) mass is 263 g/mol. The van der Waals surface area contributed by atoms with Crippen LogP contribution in [0, 0.1) is 0 Å². The molecule has 0 aliphatic rings. The van der Waals surface area contributed by atoms with Crippen molar-refractivity contribution < 1.29 is 5.11 Å². The van der Waals surface area contributed by atoms with E-state index in [-0.39, 0.29) is 5.75 Å². The summed E-state index contributed by atoms with van der Waals surface area (Å²) in [5.41, 5.74) is 4.63. The van der Waals surface area contributed by atoms with E-state index in [1.165, 1.54) is 16.5 Å². The zero-order valence-corrected chi connectivity index (χ0v) is 11.7. The van der Waals surface area contributed by atoms with Gasteiger partial charge in [0, 0.05) is 16.8 Å². The topological polar surface area (TPSA) is 25.2 Å². The fourth-order valence-corrected chi connectivity index (χ4v) is 2.47. The highest BCUT2D eigenvalue weighted by Gasteiger charge is 2.08. The van der Waals surface area contributed by atoms with Gasteiger partial charge in [0.15, 0.2) is 0 Å². The van der Waals surface area contributed by atoms with Crippen LogP contribution < -0.4 is 0 Å². The van der Waals surface area contributed by atoms with Gasteiger partial charge in [0.1, 0.15) is 5.75 Å². The maximum Gasteiger partial charge on any atom is 0.115 e. The molecule has 1 heterocycles. The van der Waals surface area contributed by atoms with Gasteiger partial charge in [-0.25, -0.2) is 0 Å². The lowest BCUT2D eigenvalue weighted by Gasteiger charge is -2.09. The Morgan fingerprint density at radius 1 is 1.00 bits per heavy atom. The van der Waals surface area contributed by atoms with Gasteiger partial charge in [-0.15, -0.1) is 0 Å².